The van der Waals surface area contributed by atoms with Crippen molar-refractivity contribution in [3.63, 3.8) is 0 Å². The van der Waals surface area contributed by atoms with E-state index in [4.69, 9.17) is 4.74 Å². The van der Waals surface area contributed by atoms with Crippen LogP contribution in [0, 0.1) is 11.6 Å². The fourth-order valence-corrected chi connectivity index (χ4v) is 2.84. The van der Waals surface area contributed by atoms with Gasteiger partial charge in [-0.1, -0.05) is 6.07 Å². The second kappa shape index (κ2) is 7.45. The van der Waals surface area contributed by atoms with Crippen molar-refractivity contribution >= 4 is 17.6 Å². The summed E-state index contributed by atoms with van der Waals surface area (Å²) in [5, 5.41) is 7.70. The van der Waals surface area contributed by atoms with Crippen LogP contribution in [0.4, 0.5) is 19.3 Å². The lowest BCUT2D eigenvalue weighted by atomic mass is 9.94. The summed E-state index contributed by atoms with van der Waals surface area (Å²) in [5.74, 6) is -1.51. The smallest absolute Gasteiger partial charge is 0.319 e. The van der Waals surface area contributed by atoms with Gasteiger partial charge in [-0.25, -0.2) is 13.6 Å². The molecule has 0 fully saturated rings. The second-order valence-corrected chi connectivity index (χ2v) is 5.92. The Labute approximate surface area is 154 Å². The van der Waals surface area contributed by atoms with E-state index >= 15 is 0 Å². The lowest BCUT2D eigenvalue weighted by molar-refractivity contribution is -0.113. The molecule has 1 atom stereocenters. The maximum atomic E-state index is 14.3. The molecule has 0 bridgehead atoms. The summed E-state index contributed by atoms with van der Waals surface area (Å²) in [6.07, 6.45) is 0. The Bertz CT molecular complexity index is 926. The van der Waals surface area contributed by atoms with E-state index in [9.17, 15) is 18.4 Å². The molecular formula is C19H17F2N3O3. The molecule has 2 aromatic carbocycles. The highest BCUT2D eigenvalue weighted by Gasteiger charge is 2.33. The topological polar surface area (TPSA) is 79.5 Å². The first-order chi connectivity index (χ1) is 12.9. The molecule has 3 N–H and O–H groups in total. The summed E-state index contributed by atoms with van der Waals surface area (Å²) in [6.45, 7) is 1.54. The lowest BCUT2D eigenvalue weighted by Crippen LogP contribution is -2.46. The summed E-state index contributed by atoms with van der Waals surface area (Å²) >= 11 is 0. The maximum Gasteiger partial charge on any atom is 0.319 e. The van der Waals surface area contributed by atoms with Crippen LogP contribution in [0.1, 0.15) is 18.5 Å². The predicted octanol–water partition coefficient (Wildman–Crippen LogP) is 3.24. The molecule has 0 aliphatic carbocycles. The molecule has 27 heavy (non-hydrogen) atoms. The molecule has 1 aliphatic heterocycles. The van der Waals surface area contributed by atoms with Crippen LogP contribution in [0.15, 0.2) is 53.7 Å². The number of anilines is 1. The Morgan fingerprint density at radius 1 is 1.15 bits per heavy atom. The van der Waals surface area contributed by atoms with Crippen molar-refractivity contribution in [2.45, 2.75) is 13.0 Å². The van der Waals surface area contributed by atoms with Gasteiger partial charge in [-0.05, 0) is 37.3 Å². The van der Waals surface area contributed by atoms with Crippen molar-refractivity contribution in [1.82, 2.24) is 10.6 Å². The van der Waals surface area contributed by atoms with Gasteiger partial charge in [-0.15, -0.1) is 0 Å². The molecule has 3 rings (SSSR count). The van der Waals surface area contributed by atoms with Gasteiger partial charge in [0.15, 0.2) is 0 Å². The number of halogens is 2. The molecule has 8 heteroatoms. The maximum absolute atomic E-state index is 14.3. The number of carbonyl (C=O) groups excluding carboxylic acids is 2. The quantitative estimate of drug-likeness (QED) is 0.770. The van der Waals surface area contributed by atoms with E-state index in [0.29, 0.717) is 17.5 Å². The molecule has 0 saturated heterocycles. The first-order valence-electron chi connectivity index (χ1n) is 8.07. The standard InChI is InChI=1S/C19H17F2N3O3/c1-10-16(18(25)23-12-4-6-13(27-2)7-5-12)17(24-19(26)22-10)14-8-3-11(20)9-15(14)21/h3-9,17H,1-2H3,(H,23,25)(H2,22,24,26)/t17-/m1/s1. The number of hydrogen-bond donors (Lipinski definition) is 3. The number of amides is 3. The number of benzene rings is 2. The van der Waals surface area contributed by atoms with Gasteiger partial charge in [-0.3, -0.25) is 4.79 Å². The molecule has 0 aromatic heterocycles. The Morgan fingerprint density at radius 3 is 2.48 bits per heavy atom. The van der Waals surface area contributed by atoms with Crippen LogP contribution in [0.5, 0.6) is 5.75 Å². The number of methoxy groups -OCH3 is 1. The van der Waals surface area contributed by atoms with E-state index in [1.54, 1.807) is 24.3 Å². The number of urea groups is 1. The monoisotopic (exact) mass is 373 g/mol. The SMILES string of the molecule is COc1ccc(NC(=O)C2=C(C)NC(=O)N[C@@H]2c2ccc(F)cc2F)cc1. The minimum Gasteiger partial charge on any atom is -0.497 e. The molecule has 2 aromatic rings. The zero-order chi connectivity index (χ0) is 19.6. The highest BCUT2D eigenvalue weighted by atomic mass is 19.1. The molecular weight excluding hydrogens is 356 g/mol. The summed E-state index contributed by atoms with van der Waals surface area (Å²) in [5.41, 5.74) is 0.885. The van der Waals surface area contributed by atoms with E-state index in [0.717, 1.165) is 6.07 Å². The molecule has 6 nitrogen and oxygen atoms in total. The molecule has 0 saturated carbocycles. The molecule has 1 aliphatic rings. The Hall–Kier alpha value is -3.42. The molecule has 140 valence electrons. The van der Waals surface area contributed by atoms with Crippen molar-refractivity contribution in [1.29, 1.82) is 0 Å². The molecule has 0 spiro atoms. The van der Waals surface area contributed by atoms with E-state index in [1.165, 1.54) is 20.1 Å². The molecule has 1 heterocycles. The van der Waals surface area contributed by atoms with Crippen molar-refractivity contribution < 1.29 is 23.1 Å². The van der Waals surface area contributed by atoms with E-state index in [-0.39, 0.29) is 16.8 Å². The average Bonchev–Trinajstić information content (AvgIpc) is 2.61. The van der Waals surface area contributed by atoms with Crippen molar-refractivity contribution in [2.24, 2.45) is 0 Å². The van der Waals surface area contributed by atoms with Crippen LogP contribution < -0.4 is 20.7 Å². The van der Waals surface area contributed by atoms with Crippen LogP contribution in [-0.4, -0.2) is 19.0 Å². The number of ether oxygens (including phenoxy) is 1. The Balaban J connectivity index is 1.94. The lowest BCUT2D eigenvalue weighted by Gasteiger charge is -2.29. The zero-order valence-electron chi connectivity index (χ0n) is 14.6. The first kappa shape index (κ1) is 18.4. The van der Waals surface area contributed by atoms with Crippen molar-refractivity contribution in [3.8, 4) is 5.75 Å². The fraction of sp³-hybridized carbons (Fsp3) is 0.158. The van der Waals surface area contributed by atoms with Gasteiger partial charge in [0.2, 0.25) is 0 Å². The summed E-state index contributed by atoms with van der Waals surface area (Å²) in [6, 6.07) is 7.99. The Morgan fingerprint density at radius 2 is 1.85 bits per heavy atom. The zero-order valence-corrected chi connectivity index (χ0v) is 14.6. The summed E-state index contributed by atoms with van der Waals surface area (Å²) < 4.78 is 32.6. The summed E-state index contributed by atoms with van der Waals surface area (Å²) in [7, 11) is 1.53. The van der Waals surface area contributed by atoms with Gasteiger partial charge in [0.25, 0.3) is 5.91 Å². The van der Waals surface area contributed by atoms with Crippen molar-refractivity contribution in [2.75, 3.05) is 12.4 Å². The van der Waals surface area contributed by atoms with Crippen LogP contribution in [0.25, 0.3) is 0 Å². The largest absolute Gasteiger partial charge is 0.497 e. The van der Waals surface area contributed by atoms with Gasteiger partial charge in [0.05, 0.1) is 18.7 Å². The fourth-order valence-electron chi connectivity index (χ4n) is 2.84. The van der Waals surface area contributed by atoms with Gasteiger partial charge in [0, 0.05) is 23.0 Å². The Kier molecular flexibility index (Phi) is 5.07. The van der Waals surface area contributed by atoms with Gasteiger partial charge in [-0.2, -0.15) is 0 Å². The highest BCUT2D eigenvalue weighted by molar-refractivity contribution is 6.06. The van der Waals surface area contributed by atoms with Crippen molar-refractivity contribution in [3.05, 3.63) is 70.9 Å². The average molecular weight is 373 g/mol. The number of hydrogen-bond acceptors (Lipinski definition) is 3. The number of rotatable bonds is 4. The second-order valence-electron chi connectivity index (χ2n) is 5.92. The predicted molar refractivity (Wildman–Crippen MR) is 95.1 cm³/mol. The number of carbonyl (C=O) groups is 2. The van der Waals surface area contributed by atoms with Crippen LogP contribution in [0.3, 0.4) is 0 Å². The third kappa shape index (κ3) is 3.89. The van der Waals surface area contributed by atoms with E-state index in [2.05, 4.69) is 16.0 Å². The van der Waals surface area contributed by atoms with Gasteiger partial charge < -0.3 is 20.7 Å². The van der Waals surface area contributed by atoms with Gasteiger partial charge >= 0.3 is 6.03 Å². The molecule has 0 unspecified atom stereocenters. The minimum absolute atomic E-state index is 0.00881. The van der Waals surface area contributed by atoms with Crippen LogP contribution in [0.2, 0.25) is 0 Å². The molecule has 0 radical (unpaired) electrons. The first-order valence-corrected chi connectivity index (χ1v) is 8.07. The highest BCUT2D eigenvalue weighted by Crippen LogP contribution is 2.30. The molecule has 3 amide bonds. The van der Waals surface area contributed by atoms with E-state index < -0.39 is 29.6 Å². The minimum atomic E-state index is -1.06. The number of allylic oxidation sites excluding steroid dienone is 1. The van der Waals surface area contributed by atoms with Crippen LogP contribution >= 0.6 is 0 Å². The van der Waals surface area contributed by atoms with E-state index in [1.807, 2.05) is 0 Å². The van der Waals surface area contributed by atoms with Gasteiger partial charge in [0.1, 0.15) is 17.4 Å². The normalized spacial score (nSPS) is 16.4. The third-order valence-electron chi connectivity index (χ3n) is 4.14. The summed E-state index contributed by atoms with van der Waals surface area (Å²) in [4.78, 5) is 24.6. The van der Waals surface area contributed by atoms with Crippen LogP contribution in [-0.2, 0) is 4.79 Å². The third-order valence-corrected chi connectivity index (χ3v) is 4.14. The number of nitrogens with one attached hydrogen (secondary N) is 3.